The Hall–Kier alpha value is -1.21. The van der Waals surface area contributed by atoms with Crippen molar-refractivity contribution < 1.29 is 23.8 Å². The van der Waals surface area contributed by atoms with E-state index in [9.17, 15) is 18.7 Å². The van der Waals surface area contributed by atoms with Gasteiger partial charge in [-0.25, -0.2) is 13.6 Å². The molecule has 0 spiro atoms. The van der Waals surface area contributed by atoms with Crippen LogP contribution in [-0.4, -0.2) is 22.6 Å². The Morgan fingerprint density at radius 1 is 1.44 bits per heavy atom. The first kappa shape index (κ1) is 12.9. The Morgan fingerprint density at radius 3 is 2.44 bits per heavy atom. The van der Waals surface area contributed by atoms with Gasteiger partial charge in [0.25, 0.3) is 6.43 Å². The fraction of sp³-hybridized carbons (Fsp3) is 0.222. The largest absolute Gasteiger partial charge is 0.507 e. The van der Waals surface area contributed by atoms with Gasteiger partial charge in [-0.2, -0.15) is 0 Å². The molecule has 0 aliphatic carbocycles. The minimum Gasteiger partial charge on any atom is -0.507 e. The molecular formula is C9H8BrF2NO3. The topological polar surface area (TPSA) is 83.6 Å². The number of aromatic hydroxyl groups is 1. The molecule has 88 valence electrons. The number of alkyl halides is 2. The maximum Gasteiger partial charge on any atom is 0.339 e. The molecule has 0 aliphatic heterocycles. The lowest BCUT2D eigenvalue weighted by atomic mass is 10.0. The van der Waals surface area contributed by atoms with Crippen molar-refractivity contribution in [2.45, 2.75) is 12.5 Å². The van der Waals surface area contributed by atoms with E-state index in [4.69, 9.17) is 10.8 Å². The Kier molecular flexibility index (Phi) is 3.82. The number of hydrogen-bond donors (Lipinski definition) is 3. The molecular weight excluding hydrogens is 288 g/mol. The lowest BCUT2D eigenvalue weighted by molar-refractivity contribution is 0.0692. The van der Waals surface area contributed by atoms with Crippen LogP contribution in [0.2, 0.25) is 0 Å². The molecule has 0 saturated carbocycles. The number of benzene rings is 1. The summed E-state index contributed by atoms with van der Waals surface area (Å²) in [7, 11) is 0. The fourth-order valence-electron chi connectivity index (χ4n) is 1.17. The van der Waals surface area contributed by atoms with E-state index in [1.165, 1.54) is 6.07 Å². The first-order valence-corrected chi connectivity index (χ1v) is 4.93. The number of hydrogen-bond acceptors (Lipinski definition) is 3. The maximum absolute atomic E-state index is 12.4. The van der Waals surface area contributed by atoms with Gasteiger partial charge < -0.3 is 15.9 Å². The summed E-state index contributed by atoms with van der Waals surface area (Å²) in [6.45, 7) is 0. The van der Waals surface area contributed by atoms with Gasteiger partial charge in [0.1, 0.15) is 11.3 Å². The van der Waals surface area contributed by atoms with Gasteiger partial charge in [0.05, 0.1) is 6.04 Å². The second-order valence-electron chi connectivity index (χ2n) is 3.06. The third-order valence-corrected chi connectivity index (χ3v) is 2.42. The SMILES string of the molecule is N[C@H](c1cc(Br)cc(C(=O)O)c1O)C(F)F. The average Bonchev–Trinajstić information content (AvgIpc) is 2.19. The third kappa shape index (κ3) is 2.48. The zero-order valence-corrected chi connectivity index (χ0v) is 9.41. The molecule has 4 N–H and O–H groups in total. The smallest absolute Gasteiger partial charge is 0.339 e. The number of carbonyl (C=O) groups is 1. The molecule has 0 bridgehead atoms. The fourth-order valence-corrected chi connectivity index (χ4v) is 1.65. The summed E-state index contributed by atoms with van der Waals surface area (Å²) < 4.78 is 25.0. The van der Waals surface area contributed by atoms with Gasteiger partial charge in [-0.1, -0.05) is 15.9 Å². The quantitative estimate of drug-likeness (QED) is 0.797. The van der Waals surface area contributed by atoms with Gasteiger partial charge in [0.2, 0.25) is 0 Å². The van der Waals surface area contributed by atoms with Crippen LogP contribution < -0.4 is 5.73 Å². The summed E-state index contributed by atoms with van der Waals surface area (Å²) in [5.41, 5.74) is 4.38. The second-order valence-corrected chi connectivity index (χ2v) is 3.97. The molecule has 1 aromatic rings. The molecule has 1 atom stereocenters. The highest BCUT2D eigenvalue weighted by atomic mass is 79.9. The summed E-state index contributed by atoms with van der Waals surface area (Å²) in [5.74, 6) is -2.15. The summed E-state index contributed by atoms with van der Waals surface area (Å²) in [6.07, 6.45) is -2.89. The monoisotopic (exact) mass is 295 g/mol. The van der Waals surface area contributed by atoms with Crippen LogP contribution in [0, 0.1) is 0 Å². The van der Waals surface area contributed by atoms with Crippen molar-refractivity contribution in [2.24, 2.45) is 5.73 Å². The van der Waals surface area contributed by atoms with E-state index in [1.54, 1.807) is 0 Å². The summed E-state index contributed by atoms with van der Waals surface area (Å²) >= 11 is 2.96. The van der Waals surface area contributed by atoms with E-state index < -0.39 is 29.7 Å². The zero-order valence-electron chi connectivity index (χ0n) is 7.82. The number of rotatable bonds is 3. The molecule has 0 saturated heterocycles. The van der Waals surface area contributed by atoms with Gasteiger partial charge in [-0.05, 0) is 12.1 Å². The molecule has 16 heavy (non-hydrogen) atoms. The molecule has 0 unspecified atom stereocenters. The van der Waals surface area contributed by atoms with Crippen LogP contribution in [0.25, 0.3) is 0 Å². The van der Waals surface area contributed by atoms with Gasteiger partial charge in [-0.15, -0.1) is 0 Å². The highest BCUT2D eigenvalue weighted by Gasteiger charge is 2.24. The number of carboxylic acids is 1. The van der Waals surface area contributed by atoms with Crippen molar-refractivity contribution in [3.05, 3.63) is 27.7 Å². The number of phenols is 1. The average molecular weight is 296 g/mol. The van der Waals surface area contributed by atoms with E-state index in [0.717, 1.165) is 6.07 Å². The molecule has 1 rings (SSSR count). The Morgan fingerprint density at radius 2 is 2.00 bits per heavy atom. The first-order chi connectivity index (χ1) is 7.34. The molecule has 0 fully saturated rings. The van der Waals surface area contributed by atoms with Crippen LogP contribution in [0.4, 0.5) is 8.78 Å². The lowest BCUT2D eigenvalue weighted by Crippen LogP contribution is -2.19. The molecule has 0 heterocycles. The minimum absolute atomic E-state index is 0.258. The van der Waals surface area contributed by atoms with Crippen LogP contribution in [0.1, 0.15) is 22.0 Å². The Bertz CT molecular complexity index is 425. The highest BCUT2D eigenvalue weighted by molar-refractivity contribution is 9.10. The summed E-state index contributed by atoms with van der Waals surface area (Å²) in [5, 5.41) is 18.2. The predicted molar refractivity (Wildman–Crippen MR) is 55.7 cm³/mol. The van der Waals surface area contributed by atoms with Crippen LogP contribution >= 0.6 is 15.9 Å². The molecule has 4 nitrogen and oxygen atoms in total. The number of aromatic carboxylic acids is 1. The van der Waals surface area contributed by atoms with Crippen LogP contribution in [-0.2, 0) is 0 Å². The number of carboxylic acid groups (broad SMARTS) is 1. The normalized spacial score (nSPS) is 12.8. The Balaban J connectivity index is 3.35. The summed E-state index contributed by atoms with van der Waals surface area (Å²) in [4.78, 5) is 10.7. The maximum atomic E-state index is 12.4. The minimum atomic E-state index is -2.89. The number of halogens is 3. The van der Waals surface area contributed by atoms with Crippen molar-refractivity contribution in [2.75, 3.05) is 0 Å². The van der Waals surface area contributed by atoms with Gasteiger partial charge in [-0.3, -0.25) is 0 Å². The Labute approximate surface area is 97.8 Å². The van der Waals surface area contributed by atoms with Gasteiger partial charge >= 0.3 is 5.97 Å². The van der Waals surface area contributed by atoms with Gasteiger partial charge in [0.15, 0.2) is 0 Å². The molecule has 0 amide bonds. The zero-order chi connectivity index (χ0) is 12.5. The molecule has 0 radical (unpaired) electrons. The van der Waals surface area contributed by atoms with Crippen molar-refractivity contribution in [3.8, 4) is 5.75 Å². The molecule has 0 aromatic heterocycles. The molecule has 0 aliphatic rings. The van der Waals surface area contributed by atoms with Crippen LogP contribution in [0.3, 0.4) is 0 Å². The lowest BCUT2D eigenvalue weighted by Gasteiger charge is -2.14. The molecule has 1 aromatic carbocycles. The second kappa shape index (κ2) is 4.75. The van der Waals surface area contributed by atoms with Crippen LogP contribution in [0.5, 0.6) is 5.75 Å². The highest BCUT2D eigenvalue weighted by Crippen LogP contribution is 2.33. The summed E-state index contributed by atoms with van der Waals surface area (Å²) in [6, 6.07) is 0.549. The third-order valence-electron chi connectivity index (χ3n) is 1.97. The van der Waals surface area contributed by atoms with Crippen molar-refractivity contribution in [1.82, 2.24) is 0 Å². The molecule has 7 heteroatoms. The first-order valence-electron chi connectivity index (χ1n) is 4.14. The number of nitrogens with two attached hydrogens (primary N) is 1. The van der Waals surface area contributed by atoms with Crippen molar-refractivity contribution >= 4 is 21.9 Å². The van der Waals surface area contributed by atoms with Gasteiger partial charge in [0, 0.05) is 10.0 Å². The van der Waals surface area contributed by atoms with E-state index in [-0.39, 0.29) is 10.0 Å². The van der Waals surface area contributed by atoms with E-state index >= 15 is 0 Å². The van der Waals surface area contributed by atoms with Crippen LogP contribution in [0.15, 0.2) is 16.6 Å². The van der Waals surface area contributed by atoms with E-state index in [2.05, 4.69) is 15.9 Å². The van der Waals surface area contributed by atoms with Crippen molar-refractivity contribution in [3.63, 3.8) is 0 Å². The standard InChI is InChI=1S/C9H8BrF2NO3/c10-3-1-4(6(13)8(11)12)7(14)5(2-3)9(15)16/h1-2,6,8,14H,13H2,(H,15,16)/t6-/m1/s1. The van der Waals surface area contributed by atoms with E-state index in [0.29, 0.717) is 0 Å². The van der Waals surface area contributed by atoms with E-state index in [1.807, 2.05) is 0 Å². The predicted octanol–water partition coefficient (Wildman–Crippen LogP) is 2.12. The van der Waals surface area contributed by atoms with Crippen molar-refractivity contribution in [1.29, 1.82) is 0 Å².